The van der Waals surface area contributed by atoms with Gasteiger partial charge < -0.3 is 10.1 Å². The number of aromatic nitrogens is 1. The van der Waals surface area contributed by atoms with Crippen molar-refractivity contribution in [1.29, 1.82) is 0 Å². The zero-order chi connectivity index (χ0) is 13.0. The molecule has 0 saturated carbocycles. The van der Waals surface area contributed by atoms with Crippen LogP contribution in [-0.4, -0.2) is 30.1 Å². The minimum atomic E-state index is 0.563. The van der Waals surface area contributed by atoms with Crippen LogP contribution in [0.2, 0.25) is 0 Å². The van der Waals surface area contributed by atoms with Crippen molar-refractivity contribution in [3.63, 3.8) is 0 Å². The molecule has 2 aromatic rings. The molecule has 0 aliphatic heterocycles. The van der Waals surface area contributed by atoms with E-state index in [1.807, 2.05) is 36.2 Å². The average Bonchev–Trinajstić information content (AvgIpc) is 2.43. The summed E-state index contributed by atoms with van der Waals surface area (Å²) >= 11 is 1.84. The van der Waals surface area contributed by atoms with Crippen molar-refractivity contribution < 1.29 is 4.74 Å². The van der Waals surface area contributed by atoms with Crippen LogP contribution < -0.4 is 10.1 Å². The van der Waals surface area contributed by atoms with Crippen LogP contribution in [0.15, 0.2) is 30.5 Å². The molecule has 0 fully saturated rings. The first-order chi connectivity index (χ1) is 8.76. The first-order valence-corrected chi connectivity index (χ1v) is 7.23. The number of nitrogens with zero attached hydrogens (tertiary/aromatic N) is 1. The monoisotopic (exact) mass is 262 g/mol. The highest BCUT2D eigenvalue weighted by molar-refractivity contribution is 7.99. The fourth-order valence-corrected chi connectivity index (χ4v) is 2.07. The third-order valence-electron chi connectivity index (χ3n) is 2.95. The molecule has 96 valence electrons. The second kappa shape index (κ2) is 5.96. The molecule has 3 nitrogen and oxygen atoms in total. The number of fused-ring (bicyclic) bond motifs is 1. The first-order valence-electron chi connectivity index (χ1n) is 5.94. The highest BCUT2D eigenvalue weighted by Gasteiger charge is 2.07. The SMILES string of the molecule is COc1cccc2c(NCC(C)SC)nccc12. The Bertz CT molecular complexity index is 530. The summed E-state index contributed by atoms with van der Waals surface area (Å²) in [4.78, 5) is 4.41. The van der Waals surface area contributed by atoms with E-state index in [2.05, 4.69) is 29.5 Å². The van der Waals surface area contributed by atoms with Gasteiger partial charge in [0.25, 0.3) is 0 Å². The molecule has 1 N–H and O–H groups in total. The molecule has 1 aromatic heterocycles. The number of hydrogen-bond acceptors (Lipinski definition) is 4. The number of methoxy groups -OCH3 is 1. The van der Waals surface area contributed by atoms with Crippen molar-refractivity contribution in [2.45, 2.75) is 12.2 Å². The number of benzene rings is 1. The fraction of sp³-hybridized carbons (Fsp3) is 0.357. The Balaban J connectivity index is 2.34. The summed E-state index contributed by atoms with van der Waals surface area (Å²) in [6.45, 7) is 3.11. The third-order valence-corrected chi connectivity index (χ3v) is 3.92. The zero-order valence-corrected chi connectivity index (χ0v) is 11.8. The molecule has 1 atom stereocenters. The lowest BCUT2D eigenvalue weighted by molar-refractivity contribution is 0.420. The maximum Gasteiger partial charge on any atom is 0.133 e. The Morgan fingerprint density at radius 1 is 1.33 bits per heavy atom. The van der Waals surface area contributed by atoms with Crippen LogP contribution in [-0.2, 0) is 0 Å². The quantitative estimate of drug-likeness (QED) is 0.895. The smallest absolute Gasteiger partial charge is 0.133 e. The van der Waals surface area contributed by atoms with E-state index < -0.39 is 0 Å². The number of ether oxygens (including phenoxy) is 1. The van der Waals surface area contributed by atoms with Gasteiger partial charge in [-0.1, -0.05) is 19.1 Å². The van der Waals surface area contributed by atoms with Crippen LogP contribution in [0, 0.1) is 0 Å². The molecule has 0 saturated heterocycles. The molecule has 2 rings (SSSR count). The molecule has 0 bridgehead atoms. The fourth-order valence-electron chi connectivity index (χ4n) is 1.82. The average molecular weight is 262 g/mol. The lowest BCUT2D eigenvalue weighted by atomic mass is 10.1. The van der Waals surface area contributed by atoms with Gasteiger partial charge in [0.1, 0.15) is 11.6 Å². The van der Waals surface area contributed by atoms with E-state index in [0.717, 1.165) is 28.9 Å². The topological polar surface area (TPSA) is 34.1 Å². The van der Waals surface area contributed by atoms with E-state index in [9.17, 15) is 0 Å². The van der Waals surface area contributed by atoms with Gasteiger partial charge in [-0.2, -0.15) is 11.8 Å². The summed E-state index contributed by atoms with van der Waals surface area (Å²) in [6, 6.07) is 8.01. The number of anilines is 1. The second-order valence-electron chi connectivity index (χ2n) is 4.14. The minimum Gasteiger partial charge on any atom is -0.496 e. The van der Waals surface area contributed by atoms with Crippen molar-refractivity contribution in [1.82, 2.24) is 4.98 Å². The Hall–Kier alpha value is -1.42. The number of hydrogen-bond donors (Lipinski definition) is 1. The third kappa shape index (κ3) is 2.70. The zero-order valence-electron chi connectivity index (χ0n) is 10.9. The summed E-state index contributed by atoms with van der Waals surface area (Å²) in [7, 11) is 1.69. The predicted octanol–water partition coefficient (Wildman–Crippen LogP) is 3.41. The van der Waals surface area contributed by atoms with Gasteiger partial charge in [-0.3, -0.25) is 0 Å². The van der Waals surface area contributed by atoms with Gasteiger partial charge in [-0.05, 0) is 18.4 Å². The largest absolute Gasteiger partial charge is 0.496 e. The molecule has 0 radical (unpaired) electrons. The van der Waals surface area contributed by atoms with Gasteiger partial charge in [0.15, 0.2) is 0 Å². The number of pyridine rings is 1. The molecule has 1 aromatic carbocycles. The van der Waals surface area contributed by atoms with Crippen LogP contribution >= 0.6 is 11.8 Å². The lowest BCUT2D eigenvalue weighted by Gasteiger charge is -2.13. The Labute approximate surface area is 112 Å². The summed E-state index contributed by atoms with van der Waals surface area (Å²) in [5.74, 6) is 1.81. The molecule has 0 amide bonds. The molecule has 1 unspecified atom stereocenters. The standard InChI is InChI=1S/C14H18N2OS/c1-10(18-3)9-16-14-12-5-4-6-13(17-2)11(12)7-8-15-14/h4-8,10H,9H2,1-3H3,(H,15,16). The molecule has 4 heteroatoms. The van der Waals surface area contributed by atoms with Crippen molar-refractivity contribution >= 4 is 28.4 Å². The first kappa shape index (κ1) is 13.0. The summed E-state index contributed by atoms with van der Waals surface area (Å²) in [5, 5.41) is 6.16. The Morgan fingerprint density at radius 2 is 2.17 bits per heavy atom. The number of thioether (sulfide) groups is 1. The minimum absolute atomic E-state index is 0.563. The molecule has 0 aliphatic carbocycles. The molecular weight excluding hydrogens is 244 g/mol. The maximum atomic E-state index is 5.37. The Kier molecular flexibility index (Phi) is 4.31. The van der Waals surface area contributed by atoms with Gasteiger partial charge in [0.2, 0.25) is 0 Å². The number of rotatable bonds is 5. The van der Waals surface area contributed by atoms with Gasteiger partial charge in [-0.15, -0.1) is 0 Å². The number of nitrogens with one attached hydrogen (secondary N) is 1. The van der Waals surface area contributed by atoms with Gasteiger partial charge >= 0.3 is 0 Å². The second-order valence-corrected chi connectivity index (χ2v) is 5.42. The maximum absolute atomic E-state index is 5.37. The normalized spacial score (nSPS) is 12.4. The van der Waals surface area contributed by atoms with Crippen LogP contribution in [0.3, 0.4) is 0 Å². The lowest BCUT2D eigenvalue weighted by Crippen LogP contribution is -2.13. The molecular formula is C14H18N2OS. The highest BCUT2D eigenvalue weighted by Crippen LogP contribution is 2.29. The predicted molar refractivity (Wildman–Crippen MR) is 79.8 cm³/mol. The summed E-state index contributed by atoms with van der Waals surface area (Å²) in [5.41, 5.74) is 0. The molecule has 1 heterocycles. The van der Waals surface area contributed by atoms with Crippen LogP contribution in [0.5, 0.6) is 5.75 Å². The van der Waals surface area contributed by atoms with Gasteiger partial charge in [-0.25, -0.2) is 4.98 Å². The molecule has 0 aliphatic rings. The van der Waals surface area contributed by atoms with E-state index >= 15 is 0 Å². The van der Waals surface area contributed by atoms with Crippen LogP contribution in [0.25, 0.3) is 10.8 Å². The van der Waals surface area contributed by atoms with E-state index in [-0.39, 0.29) is 0 Å². The van der Waals surface area contributed by atoms with Crippen molar-refractivity contribution in [3.8, 4) is 5.75 Å². The van der Waals surface area contributed by atoms with E-state index in [1.54, 1.807) is 7.11 Å². The van der Waals surface area contributed by atoms with Crippen molar-refractivity contribution in [2.24, 2.45) is 0 Å². The van der Waals surface area contributed by atoms with Crippen molar-refractivity contribution in [2.75, 3.05) is 25.2 Å². The van der Waals surface area contributed by atoms with Crippen LogP contribution in [0.4, 0.5) is 5.82 Å². The van der Waals surface area contributed by atoms with E-state index in [4.69, 9.17) is 4.74 Å². The van der Waals surface area contributed by atoms with Gasteiger partial charge in [0.05, 0.1) is 7.11 Å². The summed E-state index contributed by atoms with van der Waals surface area (Å²) < 4.78 is 5.37. The van der Waals surface area contributed by atoms with Gasteiger partial charge in [0, 0.05) is 28.8 Å². The van der Waals surface area contributed by atoms with Crippen LogP contribution in [0.1, 0.15) is 6.92 Å². The van der Waals surface area contributed by atoms with Crippen molar-refractivity contribution in [3.05, 3.63) is 30.5 Å². The molecule has 0 spiro atoms. The van der Waals surface area contributed by atoms with E-state index in [0.29, 0.717) is 5.25 Å². The highest BCUT2D eigenvalue weighted by atomic mass is 32.2. The molecule has 18 heavy (non-hydrogen) atoms. The summed E-state index contributed by atoms with van der Waals surface area (Å²) in [6.07, 6.45) is 3.93. The Morgan fingerprint density at radius 3 is 2.89 bits per heavy atom. The van der Waals surface area contributed by atoms with E-state index in [1.165, 1.54) is 0 Å².